The predicted molar refractivity (Wildman–Crippen MR) is 127 cm³/mol. The van der Waals surface area contributed by atoms with Crippen LogP contribution in [0.2, 0.25) is 0 Å². The molecule has 3 N–H and O–H groups in total. The van der Waals surface area contributed by atoms with Gasteiger partial charge in [-0.2, -0.15) is 0 Å². The van der Waals surface area contributed by atoms with E-state index in [1.807, 2.05) is 12.1 Å². The third-order valence-corrected chi connectivity index (χ3v) is 7.07. The highest BCUT2D eigenvalue weighted by Gasteiger charge is 2.36. The maximum Gasteiger partial charge on any atom is 0.341 e. The van der Waals surface area contributed by atoms with E-state index in [1.165, 1.54) is 16.3 Å². The van der Waals surface area contributed by atoms with Crippen molar-refractivity contribution in [2.75, 3.05) is 18.0 Å². The van der Waals surface area contributed by atoms with Gasteiger partial charge in [0.2, 0.25) is 5.43 Å². The number of hydrogen-bond donors (Lipinski definition) is 2. The number of nitrogens with zero attached hydrogens (tertiary/aromatic N) is 2. The predicted octanol–water partition coefficient (Wildman–Crippen LogP) is 4.37. The summed E-state index contributed by atoms with van der Waals surface area (Å²) in [6.45, 7) is 4.83. The second kappa shape index (κ2) is 8.20. The number of nitrogens with two attached hydrogens (primary N) is 1. The number of fused-ring (bicyclic) bond motifs is 1. The Morgan fingerprint density at radius 2 is 1.82 bits per heavy atom. The van der Waals surface area contributed by atoms with E-state index >= 15 is 8.78 Å². The first-order valence-corrected chi connectivity index (χ1v) is 11.6. The number of pyridine rings is 1. The van der Waals surface area contributed by atoms with E-state index in [4.69, 9.17) is 5.73 Å². The zero-order valence-electron chi connectivity index (χ0n) is 19.1. The van der Waals surface area contributed by atoms with Gasteiger partial charge in [0.1, 0.15) is 17.1 Å². The molecule has 2 fully saturated rings. The molecule has 0 unspecified atom stereocenters. The molecule has 2 aliphatic rings. The summed E-state index contributed by atoms with van der Waals surface area (Å²) in [7, 11) is 0. The van der Waals surface area contributed by atoms with Crippen LogP contribution in [-0.2, 0) is 0 Å². The lowest BCUT2D eigenvalue weighted by Crippen LogP contribution is -2.29. The molecule has 2 aromatic carbocycles. The molecule has 3 aromatic rings. The Morgan fingerprint density at radius 1 is 1.15 bits per heavy atom. The largest absolute Gasteiger partial charge is 0.477 e. The zero-order valence-corrected chi connectivity index (χ0v) is 19.1. The first-order valence-electron chi connectivity index (χ1n) is 11.6. The van der Waals surface area contributed by atoms with Crippen molar-refractivity contribution in [2.45, 2.75) is 50.6 Å². The van der Waals surface area contributed by atoms with Crippen molar-refractivity contribution < 1.29 is 18.7 Å². The van der Waals surface area contributed by atoms with E-state index < -0.39 is 28.6 Å². The van der Waals surface area contributed by atoms with Crippen LogP contribution in [0.15, 0.2) is 41.3 Å². The van der Waals surface area contributed by atoms with Crippen LogP contribution in [0, 0.1) is 11.6 Å². The minimum absolute atomic E-state index is 0.0489. The molecule has 0 bridgehead atoms. The molecule has 0 amide bonds. The molecular formula is C26H27F2N3O3. The number of carboxylic acids is 1. The Kier molecular flexibility index (Phi) is 5.43. The number of aromatic nitrogens is 1. The van der Waals surface area contributed by atoms with E-state index in [-0.39, 0.29) is 41.1 Å². The highest BCUT2D eigenvalue weighted by molar-refractivity contribution is 5.94. The molecule has 1 aromatic heterocycles. The molecule has 0 radical (unpaired) electrons. The minimum atomic E-state index is -1.41. The van der Waals surface area contributed by atoms with Crippen LogP contribution in [-0.4, -0.2) is 34.8 Å². The fraction of sp³-hybridized carbons (Fsp3) is 0.385. The number of aromatic carboxylic acids is 1. The number of hydrogen-bond acceptors (Lipinski definition) is 4. The smallest absolute Gasteiger partial charge is 0.341 e. The number of carbonyl (C=O) groups is 1. The lowest BCUT2D eigenvalue weighted by Gasteiger charge is -2.22. The second-order valence-corrected chi connectivity index (χ2v) is 9.73. The summed E-state index contributed by atoms with van der Waals surface area (Å²) in [6.07, 6.45) is 2.67. The van der Waals surface area contributed by atoms with Crippen LogP contribution in [0.3, 0.4) is 0 Å². The Balaban J connectivity index is 1.58. The molecule has 1 saturated carbocycles. The molecule has 2 heterocycles. The van der Waals surface area contributed by atoms with Gasteiger partial charge in [0.15, 0.2) is 5.82 Å². The highest BCUT2D eigenvalue weighted by Crippen LogP contribution is 2.41. The number of rotatable bonds is 5. The van der Waals surface area contributed by atoms with Gasteiger partial charge in [-0.3, -0.25) is 4.79 Å². The topological polar surface area (TPSA) is 88.6 Å². The van der Waals surface area contributed by atoms with E-state index in [9.17, 15) is 14.7 Å². The van der Waals surface area contributed by atoms with Crippen molar-refractivity contribution in [2.24, 2.45) is 5.73 Å². The van der Waals surface area contributed by atoms with Crippen LogP contribution < -0.4 is 16.1 Å². The standard InChI is InChI=1S/C26H27F2N3O3/c1-13(2)14-3-5-15(6-4-14)18-10-30(12-21(18)29)24-20(27)9-17-23(22(24)28)31(16-7-8-16)11-19(25(17)32)26(33)34/h3-6,9,11,13,16,18,21H,7-8,10,12,29H2,1-2H3,(H,33,34)/t18-,21+/m1/s1. The Bertz CT molecular complexity index is 1350. The van der Waals surface area contributed by atoms with Crippen molar-refractivity contribution in [3.8, 4) is 0 Å². The van der Waals surface area contributed by atoms with Gasteiger partial charge in [0.05, 0.1) is 10.9 Å². The fourth-order valence-corrected chi connectivity index (χ4v) is 5.01. The van der Waals surface area contributed by atoms with Crippen LogP contribution in [0.1, 0.15) is 66.1 Å². The van der Waals surface area contributed by atoms with E-state index in [2.05, 4.69) is 26.0 Å². The minimum Gasteiger partial charge on any atom is -0.477 e. The lowest BCUT2D eigenvalue weighted by molar-refractivity contribution is 0.0694. The van der Waals surface area contributed by atoms with Gasteiger partial charge in [-0.05, 0) is 36.0 Å². The zero-order chi connectivity index (χ0) is 24.3. The van der Waals surface area contributed by atoms with Crippen molar-refractivity contribution >= 4 is 22.6 Å². The molecule has 1 aliphatic carbocycles. The number of halogens is 2. The summed E-state index contributed by atoms with van der Waals surface area (Å²) >= 11 is 0. The van der Waals surface area contributed by atoms with E-state index in [1.54, 1.807) is 4.90 Å². The summed E-state index contributed by atoms with van der Waals surface area (Å²) in [6, 6.07) is 8.70. The van der Waals surface area contributed by atoms with Gasteiger partial charge in [0, 0.05) is 37.3 Å². The van der Waals surface area contributed by atoms with Gasteiger partial charge in [-0.1, -0.05) is 38.1 Å². The molecule has 1 aliphatic heterocycles. The molecule has 2 atom stereocenters. The third kappa shape index (κ3) is 3.66. The molecule has 5 rings (SSSR count). The Morgan fingerprint density at radius 3 is 2.41 bits per heavy atom. The van der Waals surface area contributed by atoms with Crippen LogP contribution in [0.5, 0.6) is 0 Å². The van der Waals surface area contributed by atoms with Crippen molar-refractivity contribution in [1.29, 1.82) is 0 Å². The lowest BCUT2D eigenvalue weighted by atomic mass is 9.92. The number of benzene rings is 2. The number of carboxylic acid groups (broad SMARTS) is 1. The quantitative estimate of drug-likeness (QED) is 0.582. The monoisotopic (exact) mass is 467 g/mol. The SMILES string of the molecule is CC(C)c1ccc([C@H]2CN(c3c(F)cc4c(=O)c(C(=O)O)cn(C5CC5)c4c3F)C[C@@H]2N)cc1. The molecule has 178 valence electrons. The van der Waals surface area contributed by atoms with Gasteiger partial charge in [-0.25, -0.2) is 13.6 Å². The Hall–Kier alpha value is -3.26. The summed E-state index contributed by atoms with van der Waals surface area (Å²) in [5.74, 6) is -2.86. The Labute approximate surface area is 195 Å². The molecule has 0 spiro atoms. The molecule has 6 nitrogen and oxygen atoms in total. The van der Waals surface area contributed by atoms with Gasteiger partial charge >= 0.3 is 5.97 Å². The highest BCUT2D eigenvalue weighted by atomic mass is 19.1. The van der Waals surface area contributed by atoms with Gasteiger partial charge in [-0.15, -0.1) is 0 Å². The van der Waals surface area contributed by atoms with E-state index in [0.717, 1.165) is 24.5 Å². The maximum atomic E-state index is 15.9. The average Bonchev–Trinajstić information content (AvgIpc) is 3.56. The summed E-state index contributed by atoms with van der Waals surface area (Å²) in [5, 5.41) is 9.15. The first kappa shape index (κ1) is 22.5. The first-order chi connectivity index (χ1) is 16.2. The molecule has 8 heteroatoms. The van der Waals surface area contributed by atoms with Crippen LogP contribution >= 0.6 is 0 Å². The van der Waals surface area contributed by atoms with Crippen molar-refractivity contribution in [3.05, 3.63) is 75.1 Å². The van der Waals surface area contributed by atoms with E-state index in [0.29, 0.717) is 12.5 Å². The molecular weight excluding hydrogens is 440 g/mol. The molecule has 34 heavy (non-hydrogen) atoms. The number of anilines is 1. The fourth-order valence-electron chi connectivity index (χ4n) is 5.01. The second-order valence-electron chi connectivity index (χ2n) is 9.73. The summed E-state index contributed by atoms with van der Waals surface area (Å²) in [5.41, 5.74) is 6.99. The maximum absolute atomic E-state index is 15.9. The van der Waals surface area contributed by atoms with Crippen molar-refractivity contribution in [3.63, 3.8) is 0 Å². The molecule has 1 saturated heterocycles. The average molecular weight is 468 g/mol. The summed E-state index contributed by atoms with van der Waals surface area (Å²) < 4.78 is 32.7. The van der Waals surface area contributed by atoms with Crippen molar-refractivity contribution in [1.82, 2.24) is 4.57 Å². The van der Waals surface area contributed by atoms with Crippen LogP contribution in [0.4, 0.5) is 14.5 Å². The summed E-state index contributed by atoms with van der Waals surface area (Å²) in [4.78, 5) is 25.9. The van der Waals surface area contributed by atoms with Gasteiger partial charge in [0.25, 0.3) is 0 Å². The van der Waals surface area contributed by atoms with Gasteiger partial charge < -0.3 is 20.3 Å². The third-order valence-electron chi connectivity index (χ3n) is 7.07. The normalized spacial score (nSPS) is 20.5. The van der Waals surface area contributed by atoms with Crippen LogP contribution in [0.25, 0.3) is 10.9 Å².